The molecule has 1 saturated carbocycles. The zero-order valence-electron chi connectivity index (χ0n) is 11.2. The Morgan fingerprint density at radius 2 is 1.83 bits per heavy atom. The van der Waals surface area contributed by atoms with E-state index in [4.69, 9.17) is 0 Å². The van der Waals surface area contributed by atoms with Gasteiger partial charge in [0.05, 0.1) is 0 Å². The molecule has 1 N–H and O–H groups in total. The average Bonchev–Trinajstić information content (AvgIpc) is 3.14. The highest BCUT2D eigenvalue weighted by Crippen LogP contribution is 2.44. The van der Waals surface area contributed by atoms with E-state index in [1.54, 1.807) is 0 Å². The van der Waals surface area contributed by atoms with E-state index >= 15 is 0 Å². The Labute approximate surface area is 109 Å². The van der Waals surface area contributed by atoms with Gasteiger partial charge in [0.2, 0.25) is 0 Å². The Bertz CT molecular complexity index is 554. The van der Waals surface area contributed by atoms with Gasteiger partial charge in [0.1, 0.15) is 0 Å². The zero-order chi connectivity index (χ0) is 12.6. The normalized spacial score (nSPS) is 18.8. The van der Waals surface area contributed by atoms with Crippen molar-refractivity contribution in [1.29, 1.82) is 0 Å². The monoisotopic (exact) mass is 239 g/mol. The lowest BCUT2D eigenvalue weighted by molar-refractivity contribution is 0.457. The standard InChI is InChI=1S/C17H21N/c1-13(18-12-17(2)9-10-17)15-8-7-14-5-3-4-6-16(14)11-15/h3-8,11,13,18H,9-10,12H2,1-2H3. The lowest BCUT2D eigenvalue weighted by atomic mass is 10.0. The van der Waals surface area contributed by atoms with Crippen molar-refractivity contribution in [2.75, 3.05) is 6.54 Å². The first-order chi connectivity index (χ1) is 8.66. The van der Waals surface area contributed by atoms with Gasteiger partial charge in [0.25, 0.3) is 0 Å². The van der Waals surface area contributed by atoms with Crippen molar-refractivity contribution in [3.63, 3.8) is 0 Å². The predicted octanol–water partition coefficient (Wildman–Crippen LogP) is 4.29. The van der Waals surface area contributed by atoms with Gasteiger partial charge in [-0.05, 0) is 47.6 Å². The second kappa shape index (κ2) is 4.40. The molecule has 18 heavy (non-hydrogen) atoms. The third kappa shape index (κ3) is 2.41. The molecule has 0 spiro atoms. The van der Waals surface area contributed by atoms with Crippen LogP contribution in [-0.2, 0) is 0 Å². The van der Waals surface area contributed by atoms with Crippen LogP contribution in [0.15, 0.2) is 42.5 Å². The third-order valence-corrected chi connectivity index (χ3v) is 4.21. The summed E-state index contributed by atoms with van der Waals surface area (Å²) in [6.07, 6.45) is 2.76. The highest BCUT2D eigenvalue weighted by Gasteiger charge is 2.36. The van der Waals surface area contributed by atoms with Gasteiger partial charge in [0.15, 0.2) is 0 Å². The summed E-state index contributed by atoms with van der Waals surface area (Å²) in [5.74, 6) is 0. The lowest BCUT2D eigenvalue weighted by Gasteiger charge is -2.17. The summed E-state index contributed by atoms with van der Waals surface area (Å²) in [4.78, 5) is 0. The summed E-state index contributed by atoms with van der Waals surface area (Å²) < 4.78 is 0. The van der Waals surface area contributed by atoms with E-state index in [2.05, 4.69) is 61.6 Å². The van der Waals surface area contributed by atoms with Gasteiger partial charge in [0, 0.05) is 12.6 Å². The maximum atomic E-state index is 3.67. The van der Waals surface area contributed by atoms with Crippen molar-refractivity contribution in [3.05, 3.63) is 48.0 Å². The molecule has 0 amide bonds. The molecule has 1 heteroatoms. The summed E-state index contributed by atoms with van der Waals surface area (Å²) in [5, 5.41) is 6.32. The number of hydrogen-bond acceptors (Lipinski definition) is 1. The topological polar surface area (TPSA) is 12.0 Å². The highest BCUT2D eigenvalue weighted by molar-refractivity contribution is 5.83. The van der Waals surface area contributed by atoms with E-state index in [9.17, 15) is 0 Å². The van der Waals surface area contributed by atoms with Crippen LogP contribution >= 0.6 is 0 Å². The van der Waals surface area contributed by atoms with Crippen LogP contribution in [0.5, 0.6) is 0 Å². The molecule has 0 saturated heterocycles. The summed E-state index contributed by atoms with van der Waals surface area (Å²) in [6, 6.07) is 15.8. The van der Waals surface area contributed by atoms with Crippen molar-refractivity contribution in [3.8, 4) is 0 Å². The molecule has 2 aromatic rings. The Morgan fingerprint density at radius 3 is 2.56 bits per heavy atom. The molecule has 0 radical (unpaired) electrons. The molecule has 0 heterocycles. The number of rotatable bonds is 4. The largest absolute Gasteiger partial charge is 0.310 e. The van der Waals surface area contributed by atoms with Crippen molar-refractivity contribution in [2.24, 2.45) is 5.41 Å². The van der Waals surface area contributed by atoms with Crippen LogP contribution in [0, 0.1) is 5.41 Å². The number of fused-ring (bicyclic) bond motifs is 1. The average molecular weight is 239 g/mol. The van der Waals surface area contributed by atoms with Crippen LogP contribution < -0.4 is 5.32 Å². The number of hydrogen-bond donors (Lipinski definition) is 1. The van der Waals surface area contributed by atoms with Crippen molar-refractivity contribution in [2.45, 2.75) is 32.7 Å². The number of nitrogens with one attached hydrogen (secondary N) is 1. The van der Waals surface area contributed by atoms with Crippen molar-refractivity contribution < 1.29 is 0 Å². The van der Waals surface area contributed by atoms with E-state index < -0.39 is 0 Å². The zero-order valence-corrected chi connectivity index (χ0v) is 11.2. The van der Waals surface area contributed by atoms with E-state index in [0.717, 1.165) is 6.54 Å². The first kappa shape index (κ1) is 11.7. The highest BCUT2D eigenvalue weighted by atomic mass is 14.9. The van der Waals surface area contributed by atoms with Crippen LogP contribution in [0.4, 0.5) is 0 Å². The minimum atomic E-state index is 0.437. The minimum Gasteiger partial charge on any atom is -0.310 e. The predicted molar refractivity (Wildman–Crippen MR) is 77.7 cm³/mol. The second-order valence-electron chi connectivity index (χ2n) is 6.02. The molecule has 1 fully saturated rings. The fourth-order valence-electron chi connectivity index (χ4n) is 2.38. The van der Waals surface area contributed by atoms with Gasteiger partial charge in [-0.25, -0.2) is 0 Å². The molecule has 1 aliphatic rings. The van der Waals surface area contributed by atoms with E-state index in [-0.39, 0.29) is 0 Å². The van der Waals surface area contributed by atoms with Gasteiger partial charge < -0.3 is 5.32 Å². The lowest BCUT2D eigenvalue weighted by Crippen LogP contribution is -2.25. The summed E-state index contributed by atoms with van der Waals surface area (Å²) in [5.41, 5.74) is 1.96. The molecule has 1 unspecified atom stereocenters. The van der Waals surface area contributed by atoms with Crippen LogP contribution in [0.3, 0.4) is 0 Å². The molecule has 0 aliphatic heterocycles. The van der Waals surface area contributed by atoms with Crippen molar-refractivity contribution >= 4 is 10.8 Å². The summed E-state index contributed by atoms with van der Waals surface area (Å²) in [7, 11) is 0. The Hall–Kier alpha value is -1.34. The molecule has 0 bridgehead atoms. The Kier molecular flexibility index (Phi) is 2.87. The smallest absolute Gasteiger partial charge is 0.0292 e. The first-order valence-corrected chi connectivity index (χ1v) is 6.88. The van der Waals surface area contributed by atoms with Gasteiger partial charge in [-0.15, -0.1) is 0 Å². The van der Waals surface area contributed by atoms with Crippen molar-refractivity contribution in [1.82, 2.24) is 5.32 Å². The first-order valence-electron chi connectivity index (χ1n) is 6.88. The Morgan fingerprint density at radius 1 is 1.11 bits per heavy atom. The van der Waals surface area contributed by atoms with Crippen LogP contribution in [0.25, 0.3) is 10.8 Å². The quantitative estimate of drug-likeness (QED) is 0.839. The summed E-state index contributed by atoms with van der Waals surface area (Å²) >= 11 is 0. The fourth-order valence-corrected chi connectivity index (χ4v) is 2.38. The molecule has 1 atom stereocenters. The fraction of sp³-hybridized carbons (Fsp3) is 0.412. The number of benzene rings is 2. The maximum absolute atomic E-state index is 3.67. The van der Waals surface area contributed by atoms with Crippen LogP contribution in [-0.4, -0.2) is 6.54 Å². The molecular weight excluding hydrogens is 218 g/mol. The van der Waals surface area contributed by atoms with E-state index in [1.165, 1.54) is 29.2 Å². The van der Waals surface area contributed by atoms with Crippen LogP contribution in [0.1, 0.15) is 38.3 Å². The Balaban J connectivity index is 1.76. The van der Waals surface area contributed by atoms with Gasteiger partial charge in [-0.1, -0.05) is 43.3 Å². The molecule has 94 valence electrons. The molecule has 1 nitrogen and oxygen atoms in total. The molecule has 0 aromatic heterocycles. The SMILES string of the molecule is CC(NCC1(C)CC1)c1ccc2ccccc2c1. The second-order valence-corrected chi connectivity index (χ2v) is 6.02. The third-order valence-electron chi connectivity index (χ3n) is 4.21. The minimum absolute atomic E-state index is 0.437. The molecule has 3 rings (SSSR count). The van der Waals surface area contributed by atoms with Gasteiger partial charge in [-0.3, -0.25) is 0 Å². The van der Waals surface area contributed by atoms with E-state index in [1.807, 2.05) is 0 Å². The van der Waals surface area contributed by atoms with Gasteiger partial charge in [-0.2, -0.15) is 0 Å². The van der Waals surface area contributed by atoms with Gasteiger partial charge >= 0.3 is 0 Å². The maximum Gasteiger partial charge on any atom is 0.0292 e. The molecule has 1 aliphatic carbocycles. The summed E-state index contributed by atoms with van der Waals surface area (Å²) in [6.45, 7) is 5.77. The molecule has 2 aromatic carbocycles. The van der Waals surface area contributed by atoms with Crippen LogP contribution in [0.2, 0.25) is 0 Å². The van der Waals surface area contributed by atoms with E-state index in [0.29, 0.717) is 11.5 Å². The molecular formula is C17H21N.